The summed E-state index contributed by atoms with van der Waals surface area (Å²) in [7, 11) is 1.41. The molecule has 100 valence electrons. The van der Waals surface area contributed by atoms with Crippen LogP contribution >= 0.6 is 11.3 Å². The zero-order valence-electron chi connectivity index (χ0n) is 10.5. The van der Waals surface area contributed by atoms with Crippen LogP contribution in [0.1, 0.15) is 22.6 Å². The number of aliphatic hydroxyl groups excluding tert-OH is 1. The Balaban J connectivity index is 1.68. The van der Waals surface area contributed by atoms with Crippen LogP contribution in [0.25, 0.3) is 0 Å². The molecule has 1 aromatic rings. The minimum Gasteiger partial charge on any atom is -0.469 e. The Morgan fingerprint density at radius 3 is 2.89 bits per heavy atom. The molecule has 2 rings (SSSR count). The standard InChI is InChI=1S/C13H19NO3S/c1-17-13(16)6-11-2-3-12(18-11)8-14-7-9-4-10(15)5-9/h2-3,9-10,14-15H,4-8H2,1H3. The number of aliphatic hydroxyl groups is 1. The zero-order valence-corrected chi connectivity index (χ0v) is 11.3. The Morgan fingerprint density at radius 2 is 2.22 bits per heavy atom. The largest absolute Gasteiger partial charge is 0.469 e. The normalized spacial score (nSPS) is 22.6. The predicted octanol–water partition coefficient (Wildman–Crippen LogP) is 1.32. The Kier molecular flexibility index (Phi) is 4.74. The summed E-state index contributed by atoms with van der Waals surface area (Å²) in [5.41, 5.74) is 0. The molecule has 0 amide bonds. The van der Waals surface area contributed by atoms with Gasteiger partial charge in [-0.15, -0.1) is 11.3 Å². The number of thiophene rings is 1. The van der Waals surface area contributed by atoms with E-state index >= 15 is 0 Å². The number of carbonyl (C=O) groups excluding carboxylic acids is 1. The van der Waals surface area contributed by atoms with E-state index in [1.807, 2.05) is 12.1 Å². The second-order valence-electron chi connectivity index (χ2n) is 4.74. The molecule has 0 saturated heterocycles. The highest BCUT2D eigenvalue weighted by Gasteiger charge is 2.26. The first-order valence-corrected chi connectivity index (χ1v) is 7.02. The van der Waals surface area contributed by atoms with Crippen LogP contribution in [0.5, 0.6) is 0 Å². The smallest absolute Gasteiger partial charge is 0.310 e. The molecule has 1 aromatic heterocycles. The molecule has 0 radical (unpaired) electrons. The fraction of sp³-hybridized carbons (Fsp3) is 0.615. The van der Waals surface area contributed by atoms with Crippen LogP contribution in [-0.2, 0) is 22.5 Å². The first-order chi connectivity index (χ1) is 8.67. The lowest BCUT2D eigenvalue weighted by Crippen LogP contribution is -2.35. The lowest BCUT2D eigenvalue weighted by atomic mass is 9.82. The topological polar surface area (TPSA) is 58.6 Å². The maximum absolute atomic E-state index is 11.1. The van der Waals surface area contributed by atoms with Gasteiger partial charge in [0.2, 0.25) is 0 Å². The third-order valence-electron chi connectivity index (χ3n) is 3.21. The Morgan fingerprint density at radius 1 is 1.50 bits per heavy atom. The fourth-order valence-electron chi connectivity index (χ4n) is 2.09. The minimum atomic E-state index is -0.195. The third kappa shape index (κ3) is 3.80. The summed E-state index contributed by atoms with van der Waals surface area (Å²) in [6, 6.07) is 4.03. The van der Waals surface area contributed by atoms with Gasteiger partial charge in [0.1, 0.15) is 0 Å². The van der Waals surface area contributed by atoms with Gasteiger partial charge in [0, 0.05) is 16.3 Å². The van der Waals surface area contributed by atoms with Crippen LogP contribution in [0, 0.1) is 5.92 Å². The number of methoxy groups -OCH3 is 1. The van der Waals surface area contributed by atoms with E-state index in [0.717, 1.165) is 30.8 Å². The van der Waals surface area contributed by atoms with Crippen LogP contribution in [0.2, 0.25) is 0 Å². The quantitative estimate of drug-likeness (QED) is 0.765. The van der Waals surface area contributed by atoms with Crippen molar-refractivity contribution in [1.29, 1.82) is 0 Å². The summed E-state index contributed by atoms with van der Waals surface area (Å²) in [5, 5.41) is 12.6. The van der Waals surface area contributed by atoms with Crippen molar-refractivity contribution in [1.82, 2.24) is 5.32 Å². The molecule has 0 bridgehead atoms. The van der Waals surface area contributed by atoms with Gasteiger partial charge in [-0.25, -0.2) is 0 Å². The fourth-order valence-corrected chi connectivity index (χ4v) is 3.07. The van der Waals surface area contributed by atoms with Crippen molar-refractivity contribution in [3.05, 3.63) is 21.9 Å². The van der Waals surface area contributed by atoms with Gasteiger partial charge in [-0.2, -0.15) is 0 Å². The van der Waals surface area contributed by atoms with Gasteiger partial charge in [-0.05, 0) is 37.4 Å². The first-order valence-electron chi connectivity index (χ1n) is 6.20. The highest BCUT2D eigenvalue weighted by atomic mass is 32.1. The summed E-state index contributed by atoms with van der Waals surface area (Å²) < 4.78 is 4.64. The lowest BCUT2D eigenvalue weighted by Gasteiger charge is -2.31. The minimum absolute atomic E-state index is 0.0785. The van der Waals surface area contributed by atoms with Crippen molar-refractivity contribution in [2.75, 3.05) is 13.7 Å². The van der Waals surface area contributed by atoms with Crippen LogP contribution in [0.4, 0.5) is 0 Å². The van der Waals surface area contributed by atoms with Gasteiger partial charge in [-0.3, -0.25) is 4.79 Å². The highest BCUT2D eigenvalue weighted by Crippen LogP contribution is 2.26. The maximum Gasteiger partial charge on any atom is 0.310 e. The van der Waals surface area contributed by atoms with Gasteiger partial charge in [0.05, 0.1) is 19.6 Å². The Labute approximate surface area is 111 Å². The molecule has 0 aromatic carbocycles. The molecule has 0 unspecified atom stereocenters. The molecule has 0 aliphatic heterocycles. The lowest BCUT2D eigenvalue weighted by molar-refractivity contribution is -0.139. The molecule has 1 heterocycles. The van der Waals surface area contributed by atoms with Crippen LogP contribution in [-0.4, -0.2) is 30.8 Å². The number of nitrogens with one attached hydrogen (secondary N) is 1. The van der Waals surface area contributed by atoms with Crippen LogP contribution in [0.3, 0.4) is 0 Å². The van der Waals surface area contributed by atoms with Crippen molar-refractivity contribution < 1.29 is 14.6 Å². The number of carbonyl (C=O) groups is 1. The maximum atomic E-state index is 11.1. The number of ether oxygens (including phenoxy) is 1. The van der Waals surface area contributed by atoms with E-state index in [9.17, 15) is 9.90 Å². The summed E-state index contributed by atoms with van der Waals surface area (Å²) in [6.07, 6.45) is 2.12. The van der Waals surface area contributed by atoms with Crippen LogP contribution < -0.4 is 5.32 Å². The van der Waals surface area contributed by atoms with E-state index in [4.69, 9.17) is 0 Å². The van der Waals surface area contributed by atoms with Crippen molar-refractivity contribution in [2.45, 2.75) is 31.9 Å². The number of hydrogen-bond donors (Lipinski definition) is 2. The molecule has 5 heteroatoms. The highest BCUT2D eigenvalue weighted by molar-refractivity contribution is 7.12. The zero-order chi connectivity index (χ0) is 13.0. The van der Waals surface area contributed by atoms with E-state index in [0.29, 0.717) is 12.3 Å². The van der Waals surface area contributed by atoms with E-state index < -0.39 is 0 Å². The van der Waals surface area contributed by atoms with Gasteiger partial charge in [0.25, 0.3) is 0 Å². The van der Waals surface area contributed by atoms with Crippen molar-refractivity contribution in [2.24, 2.45) is 5.92 Å². The van der Waals surface area contributed by atoms with E-state index in [-0.39, 0.29) is 12.1 Å². The summed E-state index contributed by atoms with van der Waals surface area (Å²) in [6.45, 7) is 1.79. The molecule has 0 spiro atoms. The number of rotatable bonds is 6. The Hall–Kier alpha value is -0.910. The summed E-state index contributed by atoms with van der Waals surface area (Å²) >= 11 is 1.64. The van der Waals surface area contributed by atoms with E-state index in [2.05, 4.69) is 10.1 Å². The van der Waals surface area contributed by atoms with Gasteiger partial charge in [-0.1, -0.05) is 0 Å². The predicted molar refractivity (Wildman–Crippen MR) is 70.5 cm³/mol. The van der Waals surface area contributed by atoms with Crippen molar-refractivity contribution in [3.8, 4) is 0 Å². The summed E-state index contributed by atoms with van der Waals surface area (Å²) in [5.74, 6) is 0.425. The first kappa shape index (κ1) is 13.5. The van der Waals surface area contributed by atoms with Crippen LogP contribution in [0.15, 0.2) is 12.1 Å². The molecule has 18 heavy (non-hydrogen) atoms. The van der Waals surface area contributed by atoms with Gasteiger partial charge in [0.15, 0.2) is 0 Å². The second kappa shape index (κ2) is 6.31. The van der Waals surface area contributed by atoms with E-state index in [1.165, 1.54) is 12.0 Å². The third-order valence-corrected chi connectivity index (χ3v) is 4.29. The molecular formula is C13H19NO3S. The van der Waals surface area contributed by atoms with Gasteiger partial charge < -0.3 is 15.2 Å². The van der Waals surface area contributed by atoms with Gasteiger partial charge >= 0.3 is 5.97 Å². The molecule has 1 aliphatic rings. The molecule has 0 atom stereocenters. The molecule has 1 fully saturated rings. The van der Waals surface area contributed by atoms with E-state index in [1.54, 1.807) is 11.3 Å². The SMILES string of the molecule is COC(=O)Cc1ccc(CNCC2CC(O)C2)s1. The Bertz CT molecular complexity index is 399. The second-order valence-corrected chi connectivity index (χ2v) is 6.00. The molecular weight excluding hydrogens is 250 g/mol. The molecule has 1 saturated carbocycles. The van der Waals surface area contributed by atoms with Crippen molar-refractivity contribution >= 4 is 17.3 Å². The van der Waals surface area contributed by atoms with Crippen molar-refractivity contribution in [3.63, 3.8) is 0 Å². The average Bonchev–Trinajstić information content (AvgIpc) is 2.74. The molecule has 2 N–H and O–H groups in total. The number of hydrogen-bond acceptors (Lipinski definition) is 5. The summed E-state index contributed by atoms with van der Waals surface area (Å²) in [4.78, 5) is 13.4. The molecule has 4 nitrogen and oxygen atoms in total. The molecule has 1 aliphatic carbocycles. The monoisotopic (exact) mass is 269 g/mol. The average molecular weight is 269 g/mol. The number of esters is 1.